The molecule has 0 fully saturated rings. The quantitative estimate of drug-likeness (QED) is 0.762. The molecule has 0 aliphatic rings. The van der Waals surface area contributed by atoms with Gasteiger partial charge in [0.25, 0.3) is 0 Å². The zero-order valence-corrected chi connectivity index (χ0v) is 11.5. The van der Waals surface area contributed by atoms with Gasteiger partial charge in [-0.25, -0.2) is 0 Å². The molecule has 0 aromatic carbocycles. The highest BCUT2D eigenvalue weighted by atomic mass is 16.5. The third-order valence-corrected chi connectivity index (χ3v) is 1.08. The minimum absolute atomic E-state index is 0.380. The van der Waals surface area contributed by atoms with E-state index in [0.29, 0.717) is 12.2 Å². The summed E-state index contributed by atoms with van der Waals surface area (Å²) in [6, 6.07) is 0. The largest absolute Gasteiger partial charge is 0.376 e. The van der Waals surface area contributed by atoms with Gasteiger partial charge in [0, 0.05) is 0 Å². The molecule has 0 aromatic heterocycles. The van der Waals surface area contributed by atoms with Crippen molar-refractivity contribution >= 4 is 0 Å². The fourth-order valence-corrected chi connectivity index (χ4v) is 0.561. The summed E-state index contributed by atoms with van der Waals surface area (Å²) in [7, 11) is 3.75. The summed E-state index contributed by atoms with van der Waals surface area (Å²) in [6.07, 6.45) is 3.16. The van der Waals surface area contributed by atoms with Crippen LogP contribution in [0.2, 0.25) is 0 Å². The van der Waals surface area contributed by atoms with Crippen LogP contribution in [0.25, 0.3) is 0 Å². The Labute approximate surface area is 91.4 Å². The molecular formula is C12H31NO. The van der Waals surface area contributed by atoms with Gasteiger partial charge in [0.15, 0.2) is 0 Å². The van der Waals surface area contributed by atoms with Gasteiger partial charge in [0.1, 0.15) is 0 Å². The molecule has 0 saturated heterocycles. The average Bonchev–Trinajstić information content (AvgIpc) is 2.06. The fourth-order valence-electron chi connectivity index (χ4n) is 0.561. The third kappa shape index (κ3) is 40.6. The highest BCUT2D eigenvalue weighted by Gasteiger charge is 1.99. The maximum absolute atomic E-state index is 5.40. The van der Waals surface area contributed by atoms with Crippen molar-refractivity contribution in [1.29, 1.82) is 0 Å². The molecular weight excluding hydrogens is 174 g/mol. The van der Waals surface area contributed by atoms with Crippen molar-refractivity contribution in [2.75, 3.05) is 14.1 Å². The lowest BCUT2D eigenvalue weighted by Gasteiger charge is -2.12. The Morgan fingerprint density at radius 1 is 1.00 bits per heavy atom. The molecule has 14 heavy (non-hydrogen) atoms. The first-order chi connectivity index (χ1) is 6.49. The van der Waals surface area contributed by atoms with E-state index in [0.717, 1.165) is 6.42 Å². The number of hydrogen-bond donors (Lipinski definition) is 1. The minimum atomic E-state index is 0.380. The summed E-state index contributed by atoms with van der Waals surface area (Å²) in [6.45, 7) is 12.6. The molecule has 1 unspecified atom stereocenters. The van der Waals surface area contributed by atoms with E-state index in [-0.39, 0.29) is 0 Å². The zero-order valence-electron chi connectivity index (χ0n) is 11.5. The molecule has 0 aliphatic heterocycles. The Kier molecular flexibility index (Phi) is 26.0. The summed E-state index contributed by atoms with van der Waals surface area (Å²) < 4.78 is 5.40. The Balaban J connectivity index is -0.000000168. The summed E-state index contributed by atoms with van der Waals surface area (Å²) in [4.78, 5) is 0. The molecule has 1 atom stereocenters. The van der Waals surface area contributed by atoms with Gasteiger partial charge in [0.05, 0.1) is 12.2 Å². The van der Waals surface area contributed by atoms with Crippen LogP contribution in [0, 0.1) is 0 Å². The summed E-state index contributed by atoms with van der Waals surface area (Å²) in [5.74, 6) is 0. The van der Waals surface area contributed by atoms with Crippen molar-refractivity contribution in [2.24, 2.45) is 0 Å². The van der Waals surface area contributed by atoms with Crippen molar-refractivity contribution in [3.05, 3.63) is 0 Å². The molecule has 2 heteroatoms. The molecule has 0 heterocycles. The van der Waals surface area contributed by atoms with Crippen LogP contribution in [-0.2, 0) is 4.74 Å². The second kappa shape index (κ2) is 18.7. The van der Waals surface area contributed by atoms with Crippen molar-refractivity contribution in [1.82, 2.24) is 5.32 Å². The van der Waals surface area contributed by atoms with Gasteiger partial charge in [-0.1, -0.05) is 27.2 Å². The van der Waals surface area contributed by atoms with Gasteiger partial charge >= 0.3 is 0 Å². The van der Waals surface area contributed by atoms with E-state index in [2.05, 4.69) is 46.9 Å². The summed E-state index contributed by atoms with van der Waals surface area (Å²) in [5.41, 5.74) is 0. The molecule has 2 nitrogen and oxygen atoms in total. The lowest BCUT2D eigenvalue weighted by molar-refractivity contribution is 0.0172. The molecule has 0 aliphatic carbocycles. The van der Waals surface area contributed by atoms with Gasteiger partial charge < -0.3 is 10.1 Å². The Morgan fingerprint density at radius 2 is 1.29 bits per heavy atom. The smallest absolute Gasteiger partial charge is 0.0547 e. The first kappa shape index (κ1) is 19.5. The van der Waals surface area contributed by atoms with Gasteiger partial charge in [-0.05, 0) is 41.3 Å². The highest BCUT2D eigenvalue weighted by Crippen LogP contribution is 1.99. The fraction of sp³-hybridized carbons (Fsp3) is 1.00. The standard InChI is InChI=1S/C7H16O.C3H8.C2H7N/c1-5-7(4)8-6(2)3;2*1-3-2/h6-7H,5H2,1-4H3;3H2,1-2H3;3H,1-2H3. The molecule has 0 amide bonds. The van der Waals surface area contributed by atoms with E-state index in [9.17, 15) is 0 Å². The SMILES string of the molecule is CCC.CCC(C)OC(C)C.CNC. The van der Waals surface area contributed by atoms with Crippen LogP contribution in [0.1, 0.15) is 54.4 Å². The van der Waals surface area contributed by atoms with Crippen LogP contribution < -0.4 is 5.32 Å². The van der Waals surface area contributed by atoms with E-state index in [1.165, 1.54) is 6.42 Å². The molecule has 0 radical (unpaired) electrons. The highest BCUT2D eigenvalue weighted by molar-refractivity contribution is 4.46. The maximum Gasteiger partial charge on any atom is 0.0547 e. The monoisotopic (exact) mass is 205 g/mol. The van der Waals surface area contributed by atoms with Crippen molar-refractivity contribution in [3.63, 3.8) is 0 Å². The first-order valence-corrected chi connectivity index (χ1v) is 5.73. The van der Waals surface area contributed by atoms with Crippen LogP contribution in [0.15, 0.2) is 0 Å². The Bertz CT molecular complexity index is 72.7. The summed E-state index contributed by atoms with van der Waals surface area (Å²) >= 11 is 0. The number of hydrogen-bond acceptors (Lipinski definition) is 2. The van der Waals surface area contributed by atoms with Crippen molar-refractivity contribution in [2.45, 2.75) is 66.6 Å². The predicted octanol–water partition coefficient (Wildman–Crippen LogP) is 3.46. The van der Waals surface area contributed by atoms with E-state index in [4.69, 9.17) is 4.74 Å². The van der Waals surface area contributed by atoms with Crippen molar-refractivity contribution < 1.29 is 4.74 Å². The minimum Gasteiger partial charge on any atom is -0.376 e. The number of rotatable bonds is 3. The normalized spacial score (nSPS) is 10.9. The molecule has 1 N–H and O–H groups in total. The van der Waals surface area contributed by atoms with Crippen LogP contribution in [0.4, 0.5) is 0 Å². The average molecular weight is 205 g/mol. The van der Waals surface area contributed by atoms with Crippen LogP contribution in [0.5, 0.6) is 0 Å². The molecule has 90 valence electrons. The maximum atomic E-state index is 5.40. The van der Waals surface area contributed by atoms with E-state index >= 15 is 0 Å². The topological polar surface area (TPSA) is 21.3 Å². The molecule has 0 spiro atoms. The summed E-state index contributed by atoms with van der Waals surface area (Å²) in [5, 5.41) is 2.75. The predicted molar refractivity (Wildman–Crippen MR) is 66.9 cm³/mol. The van der Waals surface area contributed by atoms with E-state index in [1.807, 2.05) is 14.1 Å². The molecule has 0 aromatic rings. The van der Waals surface area contributed by atoms with Crippen LogP contribution in [-0.4, -0.2) is 26.3 Å². The van der Waals surface area contributed by atoms with E-state index in [1.54, 1.807) is 0 Å². The van der Waals surface area contributed by atoms with Crippen molar-refractivity contribution in [3.8, 4) is 0 Å². The van der Waals surface area contributed by atoms with Gasteiger partial charge in [-0.3, -0.25) is 0 Å². The Hall–Kier alpha value is -0.0800. The third-order valence-electron chi connectivity index (χ3n) is 1.08. The molecule has 0 rings (SSSR count). The zero-order chi connectivity index (χ0) is 12.0. The number of ether oxygens (including phenoxy) is 1. The van der Waals surface area contributed by atoms with Gasteiger partial charge in [-0.2, -0.15) is 0 Å². The van der Waals surface area contributed by atoms with Crippen LogP contribution >= 0.6 is 0 Å². The van der Waals surface area contributed by atoms with E-state index < -0.39 is 0 Å². The molecule has 0 bridgehead atoms. The number of nitrogens with one attached hydrogen (secondary N) is 1. The second-order valence-corrected chi connectivity index (χ2v) is 3.61. The lowest BCUT2D eigenvalue weighted by Crippen LogP contribution is -2.12. The second-order valence-electron chi connectivity index (χ2n) is 3.61. The van der Waals surface area contributed by atoms with Gasteiger partial charge in [0.2, 0.25) is 0 Å². The lowest BCUT2D eigenvalue weighted by atomic mass is 10.3. The molecule has 0 saturated carbocycles. The van der Waals surface area contributed by atoms with Crippen LogP contribution in [0.3, 0.4) is 0 Å². The van der Waals surface area contributed by atoms with Gasteiger partial charge in [-0.15, -0.1) is 0 Å². The first-order valence-electron chi connectivity index (χ1n) is 5.73. The Morgan fingerprint density at radius 3 is 1.36 bits per heavy atom.